The van der Waals surface area contributed by atoms with Crippen LogP contribution in [0.15, 0.2) is 18.5 Å². The lowest BCUT2D eigenvalue weighted by atomic mass is 9.90. The van der Waals surface area contributed by atoms with E-state index in [9.17, 15) is 21.6 Å². The fourth-order valence-electron chi connectivity index (χ4n) is 3.12. The van der Waals surface area contributed by atoms with Crippen molar-refractivity contribution in [3.05, 3.63) is 18.5 Å². The highest BCUT2D eigenvalue weighted by molar-refractivity contribution is 7.88. The molecule has 0 aliphatic carbocycles. The highest BCUT2D eigenvalue weighted by Gasteiger charge is 2.45. The molecule has 3 heterocycles. The van der Waals surface area contributed by atoms with Crippen LogP contribution < -0.4 is 5.32 Å². The summed E-state index contributed by atoms with van der Waals surface area (Å²) in [7, 11) is -3.16. The predicted octanol–water partition coefficient (Wildman–Crippen LogP) is 1.10. The number of aliphatic carboxylic acids is 1. The molecule has 1 aromatic heterocycles. The fraction of sp³-hybridized carbons (Fsp3) is 0.667. The monoisotopic (exact) mass is 426 g/mol. The van der Waals surface area contributed by atoms with E-state index < -0.39 is 22.2 Å². The molecular formula is C15H21F3N4O5S. The maximum Gasteiger partial charge on any atom is 0.490 e. The average Bonchev–Trinajstić information content (AvgIpc) is 2.96. The molecule has 28 heavy (non-hydrogen) atoms. The van der Waals surface area contributed by atoms with Crippen molar-refractivity contribution in [2.75, 3.05) is 31.3 Å². The van der Waals surface area contributed by atoms with Crippen LogP contribution in [0.4, 0.5) is 19.1 Å². The van der Waals surface area contributed by atoms with E-state index in [4.69, 9.17) is 14.6 Å². The van der Waals surface area contributed by atoms with Crippen LogP contribution in [0.3, 0.4) is 0 Å². The molecule has 2 fully saturated rings. The number of carboxylic acid groups (broad SMARTS) is 1. The van der Waals surface area contributed by atoms with Gasteiger partial charge in [0.2, 0.25) is 16.0 Å². The van der Waals surface area contributed by atoms with Gasteiger partial charge in [0, 0.05) is 31.9 Å². The van der Waals surface area contributed by atoms with Crippen LogP contribution in [0.1, 0.15) is 19.3 Å². The number of halogens is 3. The number of hydrogen-bond acceptors (Lipinski definition) is 7. The van der Waals surface area contributed by atoms with E-state index in [1.54, 1.807) is 18.5 Å². The third-order valence-corrected chi connectivity index (χ3v) is 5.57. The number of nitrogens with one attached hydrogen (secondary N) is 1. The molecule has 2 N–H and O–H groups in total. The van der Waals surface area contributed by atoms with Crippen LogP contribution in [-0.2, 0) is 19.6 Å². The summed E-state index contributed by atoms with van der Waals surface area (Å²) in [4.78, 5) is 17.2. The SMILES string of the molecule is CS(=O)(=O)N1CCCC2(CC(Nc3ncccn3)CO2)C1.O=C(O)C(F)(F)F. The molecule has 9 nitrogen and oxygen atoms in total. The van der Waals surface area contributed by atoms with E-state index >= 15 is 0 Å². The van der Waals surface area contributed by atoms with Gasteiger partial charge in [0.15, 0.2) is 0 Å². The van der Waals surface area contributed by atoms with Crippen LogP contribution >= 0.6 is 0 Å². The zero-order valence-corrected chi connectivity index (χ0v) is 15.8. The number of aromatic nitrogens is 2. The van der Waals surface area contributed by atoms with Crippen molar-refractivity contribution < 1.29 is 36.2 Å². The van der Waals surface area contributed by atoms with E-state index in [0.29, 0.717) is 25.6 Å². The lowest BCUT2D eigenvalue weighted by Gasteiger charge is -2.38. The summed E-state index contributed by atoms with van der Waals surface area (Å²) >= 11 is 0. The third kappa shape index (κ3) is 6.27. The Morgan fingerprint density at radius 1 is 1.39 bits per heavy atom. The van der Waals surface area contributed by atoms with Crippen molar-refractivity contribution in [2.45, 2.75) is 37.1 Å². The molecule has 1 spiro atoms. The number of sulfonamides is 1. The van der Waals surface area contributed by atoms with Gasteiger partial charge in [-0.05, 0) is 18.9 Å². The zero-order chi connectivity index (χ0) is 21.0. The van der Waals surface area contributed by atoms with Gasteiger partial charge >= 0.3 is 12.1 Å². The number of rotatable bonds is 3. The summed E-state index contributed by atoms with van der Waals surface area (Å²) < 4.78 is 62.7. The lowest BCUT2D eigenvalue weighted by Crippen LogP contribution is -2.50. The number of carboxylic acids is 1. The standard InChI is InChI=1S/C13H20N4O3S.C2HF3O2/c1-21(18,19)17-7-2-4-13(10-17)8-11(9-20-13)16-12-14-5-3-6-15-12;3-2(4,5)1(6)7/h3,5-6,11H,2,4,7-10H2,1H3,(H,14,15,16);(H,6,7). The molecule has 0 aromatic carbocycles. The summed E-state index contributed by atoms with van der Waals surface area (Å²) in [6.45, 7) is 1.58. The largest absolute Gasteiger partial charge is 0.490 e. The van der Waals surface area contributed by atoms with Crippen LogP contribution in [0, 0.1) is 0 Å². The van der Waals surface area contributed by atoms with Gasteiger partial charge in [0.25, 0.3) is 0 Å². The minimum absolute atomic E-state index is 0.118. The topological polar surface area (TPSA) is 122 Å². The molecule has 2 aliphatic heterocycles. The van der Waals surface area contributed by atoms with Gasteiger partial charge in [0.1, 0.15) is 0 Å². The maximum absolute atomic E-state index is 11.7. The summed E-state index contributed by atoms with van der Waals surface area (Å²) in [5.41, 5.74) is -0.367. The first-order valence-electron chi connectivity index (χ1n) is 8.34. The second-order valence-electron chi connectivity index (χ2n) is 6.61. The van der Waals surface area contributed by atoms with E-state index in [2.05, 4.69) is 15.3 Å². The summed E-state index contributed by atoms with van der Waals surface area (Å²) in [5.74, 6) is -2.17. The van der Waals surface area contributed by atoms with Crippen molar-refractivity contribution in [1.82, 2.24) is 14.3 Å². The summed E-state index contributed by atoms with van der Waals surface area (Å²) in [5, 5.41) is 10.4. The highest BCUT2D eigenvalue weighted by atomic mass is 32.2. The molecule has 2 atom stereocenters. The zero-order valence-electron chi connectivity index (χ0n) is 15.0. The molecule has 0 saturated carbocycles. The van der Waals surface area contributed by atoms with Gasteiger partial charge in [-0.2, -0.15) is 17.5 Å². The predicted molar refractivity (Wildman–Crippen MR) is 92.1 cm³/mol. The van der Waals surface area contributed by atoms with Crippen molar-refractivity contribution in [1.29, 1.82) is 0 Å². The van der Waals surface area contributed by atoms with Crippen molar-refractivity contribution in [3.8, 4) is 0 Å². The van der Waals surface area contributed by atoms with E-state index in [-0.39, 0.29) is 11.6 Å². The summed E-state index contributed by atoms with van der Waals surface area (Å²) in [6, 6.07) is 1.88. The lowest BCUT2D eigenvalue weighted by molar-refractivity contribution is -0.192. The first-order valence-corrected chi connectivity index (χ1v) is 10.2. The Hall–Kier alpha value is -1.99. The Bertz CT molecular complexity index is 778. The van der Waals surface area contributed by atoms with E-state index in [0.717, 1.165) is 19.3 Å². The van der Waals surface area contributed by atoms with Gasteiger partial charge in [-0.1, -0.05) is 0 Å². The van der Waals surface area contributed by atoms with Crippen LogP contribution in [0.2, 0.25) is 0 Å². The Morgan fingerprint density at radius 2 is 2.00 bits per heavy atom. The smallest absolute Gasteiger partial charge is 0.475 e. The number of nitrogens with zero attached hydrogens (tertiary/aromatic N) is 3. The number of anilines is 1. The van der Waals surface area contributed by atoms with E-state index in [1.165, 1.54) is 10.6 Å². The molecule has 1 aromatic rings. The quantitative estimate of drug-likeness (QED) is 0.737. The number of alkyl halides is 3. The second-order valence-corrected chi connectivity index (χ2v) is 8.60. The Morgan fingerprint density at radius 3 is 2.54 bits per heavy atom. The number of hydrogen-bond donors (Lipinski definition) is 2. The minimum atomic E-state index is -5.08. The number of ether oxygens (including phenoxy) is 1. The molecule has 0 radical (unpaired) electrons. The first kappa shape index (κ1) is 22.3. The molecule has 2 unspecified atom stereocenters. The van der Waals surface area contributed by atoms with Crippen molar-refractivity contribution in [2.24, 2.45) is 0 Å². The molecular weight excluding hydrogens is 405 g/mol. The van der Waals surface area contributed by atoms with Gasteiger partial charge < -0.3 is 15.2 Å². The molecule has 158 valence electrons. The number of piperidine rings is 1. The highest BCUT2D eigenvalue weighted by Crippen LogP contribution is 2.36. The van der Waals surface area contributed by atoms with Crippen LogP contribution in [-0.4, -0.2) is 77.5 Å². The van der Waals surface area contributed by atoms with Crippen molar-refractivity contribution in [3.63, 3.8) is 0 Å². The Labute approximate surface area is 160 Å². The third-order valence-electron chi connectivity index (χ3n) is 4.32. The molecule has 2 saturated heterocycles. The average molecular weight is 426 g/mol. The minimum Gasteiger partial charge on any atom is -0.475 e. The molecule has 0 amide bonds. The molecule has 0 bridgehead atoms. The first-order chi connectivity index (χ1) is 12.9. The maximum atomic E-state index is 11.7. The second kappa shape index (κ2) is 8.57. The van der Waals surface area contributed by atoms with Crippen LogP contribution in [0.25, 0.3) is 0 Å². The number of carbonyl (C=O) groups is 1. The van der Waals surface area contributed by atoms with Gasteiger partial charge in [-0.3, -0.25) is 0 Å². The Kier molecular flexibility index (Phi) is 6.83. The van der Waals surface area contributed by atoms with Gasteiger partial charge in [0.05, 0.1) is 24.5 Å². The molecule has 13 heteroatoms. The fourth-order valence-corrected chi connectivity index (χ4v) is 4.05. The van der Waals surface area contributed by atoms with E-state index in [1.807, 2.05) is 0 Å². The van der Waals surface area contributed by atoms with Gasteiger partial charge in [-0.15, -0.1) is 0 Å². The van der Waals surface area contributed by atoms with Crippen molar-refractivity contribution >= 4 is 21.9 Å². The molecule has 2 aliphatic rings. The normalized spacial score (nSPS) is 25.8. The van der Waals surface area contributed by atoms with Gasteiger partial charge in [-0.25, -0.2) is 23.2 Å². The Balaban J connectivity index is 0.000000345. The molecule has 3 rings (SSSR count). The summed E-state index contributed by atoms with van der Waals surface area (Å²) in [6.07, 6.45) is 2.06. The van der Waals surface area contributed by atoms with Crippen LogP contribution in [0.5, 0.6) is 0 Å².